The van der Waals surface area contributed by atoms with E-state index in [0.29, 0.717) is 24.4 Å². The minimum Gasteiger partial charge on any atom is -0.457 e. The predicted octanol–water partition coefficient (Wildman–Crippen LogP) is 3.16. The number of alkyl halides is 3. The number of hydrogen-bond acceptors (Lipinski definition) is 7. The summed E-state index contributed by atoms with van der Waals surface area (Å²) in [7, 11) is 0. The van der Waals surface area contributed by atoms with Crippen molar-refractivity contribution in [3.05, 3.63) is 54.1 Å². The smallest absolute Gasteiger partial charge is 0.457 e. The van der Waals surface area contributed by atoms with Gasteiger partial charge in [-0.25, -0.2) is 4.79 Å². The summed E-state index contributed by atoms with van der Waals surface area (Å²) >= 11 is 0. The summed E-state index contributed by atoms with van der Waals surface area (Å²) in [5.41, 5.74) is -1.58. The topological polar surface area (TPSA) is 109 Å². The minimum atomic E-state index is -4.79. The fraction of sp³-hybridized carbons (Fsp3) is 0.400. The van der Waals surface area contributed by atoms with Crippen LogP contribution >= 0.6 is 0 Å². The second kappa shape index (κ2) is 9.34. The molecule has 3 fully saturated rings. The highest BCUT2D eigenvalue weighted by Gasteiger charge is 2.58. The number of nitrogens with one attached hydrogen (secondary N) is 3. The Labute approximate surface area is 210 Å². The first-order chi connectivity index (χ1) is 17.6. The Balaban J connectivity index is 1.41. The first-order valence-corrected chi connectivity index (χ1v) is 11.9. The maximum Gasteiger partial charge on any atom is 0.573 e. The molecule has 3 N–H and O–H groups in total. The number of imide groups is 2. The van der Waals surface area contributed by atoms with E-state index in [4.69, 9.17) is 4.74 Å². The van der Waals surface area contributed by atoms with Gasteiger partial charge in [0.1, 0.15) is 17.2 Å². The summed E-state index contributed by atoms with van der Waals surface area (Å²) in [4.78, 5) is 40.5. The molecular formula is C25H25F3N4O5. The summed E-state index contributed by atoms with van der Waals surface area (Å²) in [6.45, 7) is 1.82. The minimum absolute atomic E-state index is 0.196. The lowest BCUT2D eigenvalue weighted by atomic mass is 9.79. The van der Waals surface area contributed by atoms with Crippen molar-refractivity contribution in [1.82, 2.24) is 20.9 Å². The van der Waals surface area contributed by atoms with Gasteiger partial charge in [-0.1, -0.05) is 12.1 Å². The van der Waals surface area contributed by atoms with Gasteiger partial charge in [0.05, 0.1) is 0 Å². The Morgan fingerprint density at radius 1 is 0.811 bits per heavy atom. The second-order valence-corrected chi connectivity index (χ2v) is 9.43. The Morgan fingerprint density at radius 2 is 1.38 bits per heavy atom. The molecule has 1 spiro atoms. The molecule has 1 atom stereocenters. The van der Waals surface area contributed by atoms with Crippen molar-refractivity contribution in [2.45, 2.75) is 43.1 Å². The third-order valence-electron chi connectivity index (χ3n) is 7.06. The Bertz CT molecular complexity index is 1170. The molecule has 3 aliphatic rings. The predicted molar refractivity (Wildman–Crippen MR) is 124 cm³/mol. The van der Waals surface area contributed by atoms with Crippen molar-refractivity contribution in [2.75, 3.05) is 19.6 Å². The highest BCUT2D eigenvalue weighted by atomic mass is 19.4. The number of carbonyl (C=O) groups is 3. The molecule has 196 valence electrons. The lowest BCUT2D eigenvalue weighted by Gasteiger charge is -2.49. The molecule has 9 nitrogen and oxygen atoms in total. The van der Waals surface area contributed by atoms with Crippen LogP contribution in [-0.2, 0) is 15.1 Å². The van der Waals surface area contributed by atoms with Gasteiger partial charge in [-0.05, 0) is 74.2 Å². The van der Waals surface area contributed by atoms with Gasteiger partial charge in [-0.15, -0.1) is 13.2 Å². The van der Waals surface area contributed by atoms with E-state index in [9.17, 15) is 27.6 Å². The van der Waals surface area contributed by atoms with Crippen LogP contribution in [0.3, 0.4) is 0 Å². The number of benzene rings is 2. The monoisotopic (exact) mass is 518 g/mol. The van der Waals surface area contributed by atoms with Crippen LogP contribution in [0.4, 0.5) is 18.0 Å². The van der Waals surface area contributed by atoms with Crippen LogP contribution in [0.5, 0.6) is 17.2 Å². The molecule has 37 heavy (non-hydrogen) atoms. The van der Waals surface area contributed by atoms with Gasteiger partial charge in [0.25, 0.3) is 11.8 Å². The molecule has 0 saturated carbocycles. The van der Waals surface area contributed by atoms with Gasteiger partial charge in [0, 0.05) is 18.6 Å². The molecular weight excluding hydrogens is 493 g/mol. The number of amides is 4. The standard InChI is InChI=1S/C25H25F3N4O5/c26-25(27,28)37-19-9-7-18(8-10-19)36-17-5-3-16(4-6-17)24(20(33)30-22(35)31-21(24)34)32-14-2-12-23(15-32)11-1-13-29-23/h3-10,29H,1-2,11-15H2,(H2,30,31,33,34,35). The molecule has 0 aromatic heterocycles. The number of likely N-dealkylation sites (tertiary alicyclic amines) is 1. The number of carbonyl (C=O) groups excluding carboxylic acids is 3. The average molecular weight is 518 g/mol. The van der Waals surface area contributed by atoms with E-state index in [1.165, 1.54) is 12.1 Å². The maximum absolute atomic E-state index is 13.4. The Morgan fingerprint density at radius 3 is 1.95 bits per heavy atom. The summed E-state index contributed by atoms with van der Waals surface area (Å²) in [5, 5.41) is 8.05. The Kier molecular flexibility index (Phi) is 6.32. The lowest BCUT2D eigenvalue weighted by molar-refractivity contribution is -0.274. The molecule has 2 aromatic rings. The molecule has 5 rings (SSSR count). The SMILES string of the molecule is O=C1NC(=O)C(c2ccc(Oc3ccc(OC(F)(F)F)cc3)cc2)(N2CCCC3(CCCN3)C2)C(=O)N1. The Hall–Kier alpha value is -3.64. The fourth-order valence-electron chi connectivity index (χ4n) is 5.50. The third kappa shape index (κ3) is 4.86. The van der Waals surface area contributed by atoms with Gasteiger partial charge in [-0.3, -0.25) is 25.1 Å². The van der Waals surface area contributed by atoms with Gasteiger partial charge in [0.2, 0.25) is 5.54 Å². The van der Waals surface area contributed by atoms with Gasteiger partial charge >= 0.3 is 12.4 Å². The van der Waals surface area contributed by atoms with Crippen LogP contribution in [-0.4, -0.2) is 54.3 Å². The van der Waals surface area contributed by atoms with Crippen LogP contribution in [0.25, 0.3) is 0 Å². The van der Waals surface area contributed by atoms with Crippen LogP contribution in [0.15, 0.2) is 48.5 Å². The van der Waals surface area contributed by atoms with Crippen molar-refractivity contribution >= 4 is 17.8 Å². The van der Waals surface area contributed by atoms with Crippen LogP contribution in [0.1, 0.15) is 31.2 Å². The van der Waals surface area contributed by atoms with Crippen molar-refractivity contribution in [2.24, 2.45) is 0 Å². The quantitative estimate of drug-likeness (QED) is 0.522. The number of halogens is 3. The fourth-order valence-corrected chi connectivity index (χ4v) is 5.50. The number of rotatable bonds is 5. The van der Waals surface area contributed by atoms with Crippen molar-refractivity contribution in [3.8, 4) is 17.2 Å². The van der Waals surface area contributed by atoms with E-state index in [-0.39, 0.29) is 17.0 Å². The van der Waals surface area contributed by atoms with Gasteiger partial charge in [-0.2, -0.15) is 0 Å². The number of piperidine rings is 1. The van der Waals surface area contributed by atoms with E-state index >= 15 is 0 Å². The second-order valence-electron chi connectivity index (χ2n) is 9.43. The summed E-state index contributed by atoms with van der Waals surface area (Å²) < 4.78 is 46.7. The normalized spacial score (nSPS) is 24.0. The number of nitrogens with zero attached hydrogens (tertiary/aromatic N) is 1. The molecule has 0 aliphatic carbocycles. The number of hydrogen-bond donors (Lipinski definition) is 3. The van der Waals surface area contributed by atoms with Gasteiger partial charge in [0.15, 0.2) is 0 Å². The molecule has 4 amide bonds. The largest absolute Gasteiger partial charge is 0.573 e. The first kappa shape index (κ1) is 25.0. The van der Waals surface area contributed by atoms with Gasteiger partial charge < -0.3 is 14.8 Å². The number of barbiturate groups is 1. The van der Waals surface area contributed by atoms with Crippen LogP contribution < -0.4 is 25.4 Å². The maximum atomic E-state index is 13.4. The van der Waals surface area contributed by atoms with Crippen LogP contribution in [0, 0.1) is 0 Å². The molecule has 3 aliphatic heterocycles. The highest BCUT2D eigenvalue weighted by Crippen LogP contribution is 2.39. The van der Waals surface area contributed by atoms with Crippen molar-refractivity contribution in [3.63, 3.8) is 0 Å². The van der Waals surface area contributed by atoms with E-state index in [1.54, 1.807) is 24.3 Å². The molecule has 12 heteroatoms. The van der Waals surface area contributed by atoms with E-state index in [1.807, 2.05) is 4.90 Å². The molecule has 1 unspecified atom stereocenters. The molecule has 2 aromatic carbocycles. The summed E-state index contributed by atoms with van der Waals surface area (Å²) in [6.07, 6.45) is -1.15. The third-order valence-corrected chi connectivity index (χ3v) is 7.06. The number of ether oxygens (including phenoxy) is 2. The zero-order chi connectivity index (χ0) is 26.3. The first-order valence-electron chi connectivity index (χ1n) is 11.9. The van der Waals surface area contributed by atoms with Crippen LogP contribution in [0.2, 0.25) is 0 Å². The molecule has 0 bridgehead atoms. The molecule has 3 heterocycles. The number of urea groups is 1. The van der Waals surface area contributed by atoms with E-state index in [2.05, 4.69) is 20.7 Å². The molecule has 3 saturated heterocycles. The lowest BCUT2D eigenvalue weighted by Crippen LogP contribution is -2.73. The van der Waals surface area contributed by atoms with Crippen molar-refractivity contribution < 1.29 is 37.0 Å². The average Bonchev–Trinajstić information content (AvgIpc) is 3.27. The van der Waals surface area contributed by atoms with E-state index < -0.39 is 29.7 Å². The van der Waals surface area contributed by atoms with E-state index in [0.717, 1.165) is 44.4 Å². The summed E-state index contributed by atoms with van der Waals surface area (Å²) in [6, 6.07) is 10.3. The van der Waals surface area contributed by atoms with Crippen molar-refractivity contribution in [1.29, 1.82) is 0 Å². The highest BCUT2D eigenvalue weighted by molar-refractivity contribution is 6.22. The zero-order valence-corrected chi connectivity index (χ0v) is 19.7. The summed E-state index contributed by atoms with van der Waals surface area (Å²) in [5.74, 6) is -1.21. The zero-order valence-electron chi connectivity index (χ0n) is 19.7. The molecule has 0 radical (unpaired) electrons.